The lowest BCUT2D eigenvalue weighted by Crippen LogP contribution is -2.39. The van der Waals surface area contributed by atoms with Crippen molar-refractivity contribution >= 4 is 12.0 Å². The van der Waals surface area contributed by atoms with Gasteiger partial charge in [0.2, 0.25) is 5.76 Å². The first-order valence-electron chi connectivity index (χ1n) is 5.70. The fourth-order valence-electron chi connectivity index (χ4n) is 1.73. The Morgan fingerprint density at radius 3 is 2.68 bits per heavy atom. The Morgan fingerprint density at radius 1 is 1.37 bits per heavy atom. The van der Waals surface area contributed by atoms with Crippen molar-refractivity contribution in [2.45, 2.75) is 12.2 Å². The normalized spacial score (nSPS) is 23.6. The number of methoxy groups -OCH3 is 1. The molecule has 1 unspecified atom stereocenters. The molecule has 0 saturated heterocycles. The number of ether oxygens (including phenoxy) is 2. The zero-order valence-electron chi connectivity index (χ0n) is 10.4. The summed E-state index contributed by atoms with van der Waals surface area (Å²) in [7, 11) is 1.31. The molecule has 1 atom stereocenters. The second-order valence-corrected chi connectivity index (χ2v) is 4.07. The van der Waals surface area contributed by atoms with Gasteiger partial charge >= 0.3 is 5.97 Å². The Kier molecular flexibility index (Phi) is 3.57. The van der Waals surface area contributed by atoms with Crippen molar-refractivity contribution in [1.29, 1.82) is 0 Å². The molecule has 1 aliphatic heterocycles. The van der Waals surface area contributed by atoms with Crippen molar-refractivity contribution < 1.29 is 24.5 Å². The van der Waals surface area contributed by atoms with Crippen LogP contribution in [0.15, 0.2) is 47.9 Å². The van der Waals surface area contributed by atoms with E-state index in [1.165, 1.54) is 13.2 Å². The molecule has 2 rings (SSSR count). The molecule has 5 heteroatoms. The molecule has 2 N–H and O–H groups in total. The minimum atomic E-state index is -2.18. The molecule has 1 aliphatic rings. The maximum absolute atomic E-state index is 11.4. The van der Waals surface area contributed by atoms with Gasteiger partial charge in [0.1, 0.15) is 6.42 Å². The van der Waals surface area contributed by atoms with Gasteiger partial charge in [-0.05, 0) is 11.6 Å². The van der Waals surface area contributed by atoms with Gasteiger partial charge in [0, 0.05) is 0 Å². The van der Waals surface area contributed by atoms with Gasteiger partial charge in [0.25, 0.3) is 5.79 Å². The first-order chi connectivity index (χ1) is 9.05. The first kappa shape index (κ1) is 13.2. The molecule has 1 heterocycles. The standard InChI is InChI=1S/C14H14O5/c1-18-11-9-12(15)19-14(17,13(11)16)8-7-10-5-3-2-4-6-10/h2-8,16-17H,9H2,1H3. The van der Waals surface area contributed by atoms with E-state index in [1.54, 1.807) is 6.08 Å². The van der Waals surface area contributed by atoms with Crippen molar-refractivity contribution in [3.8, 4) is 0 Å². The zero-order valence-corrected chi connectivity index (χ0v) is 10.4. The number of rotatable bonds is 3. The molecule has 5 nitrogen and oxygen atoms in total. The lowest BCUT2D eigenvalue weighted by Gasteiger charge is -2.29. The molecule has 1 aromatic carbocycles. The van der Waals surface area contributed by atoms with Crippen LogP contribution in [0.5, 0.6) is 0 Å². The molecule has 0 amide bonds. The monoisotopic (exact) mass is 262 g/mol. The van der Waals surface area contributed by atoms with E-state index in [2.05, 4.69) is 0 Å². The fraction of sp³-hybridized carbons (Fsp3) is 0.214. The van der Waals surface area contributed by atoms with Gasteiger partial charge in [-0.15, -0.1) is 0 Å². The van der Waals surface area contributed by atoms with Gasteiger partial charge in [0.05, 0.1) is 7.11 Å². The van der Waals surface area contributed by atoms with Crippen molar-refractivity contribution in [3.63, 3.8) is 0 Å². The number of cyclic esters (lactones) is 1. The van der Waals surface area contributed by atoms with Crippen molar-refractivity contribution in [2.24, 2.45) is 0 Å². The number of aliphatic hydroxyl groups is 2. The van der Waals surface area contributed by atoms with Gasteiger partial charge in [-0.2, -0.15) is 0 Å². The molecule has 0 aromatic heterocycles. The Balaban J connectivity index is 2.31. The largest absolute Gasteiger partial charge is 0.503 e. The van der Waals surface area contributed by atoms with Crippen LogP contribution in [0, 0.1) is 0 Å². The SMILES string of the molecule is COC1=C(O)C(O)(C=Cc2ccccc2)OC(=O)C1. The Bertz CT molecular complexity index is 532. The first-order valence-corrected chi connectivity index (χ1v) is 5.70. The van der Waals surface area contributed by atoms with Crippen LogP contribution < -0.4 is 0 Å². The number of benzene rings is 1. The third-order valence-electron chi connectivity index (χ3n) is 2.73. The predicted molar refractivity (Wildman–Crippen MR) is 67.8 cm³/mol. The van der Waals surface area contributed by atoms with Gasteiger partial charge in [-0.25, -0.2) is 0 Å². The summed E-state index contributed by atoms with van der Waals surface area (Å²) in [6, 6.07) is 9.12. The number of hydrogen-bond donors (Lipinski definition) is 2. The maximum Gasteiger partial charge on any atom is 0.316 e. The van der Waals surface area contributed by atoms with Gasteiger partial charge in [-0.3, -0.25) is 4.79 Å². The third-order valence-corrected chi connectivity index (χ3v) is 2.73. The second-order valence-electron chi connectivity index (χ2n) is 4.07. The Labute approximate surface area is 110 Å². The van der Waals surface area contributed by atoms with Crippen LogP contribution in [0.25, 0.3) is 6.08 Å². The van der Waals surface area contributed by atoms with E-state index in [0.29, 0.717) is 0 Å². The van der Waals surface area contributed by atoms with E-state index in [0.717, 1.165) is 5.56 Å². The summed E-state index contributed by atoms with van der Waals surface area (Å²) in [6.45, 7) is 0. The topological polar surface area (TPSA) is 76.0 Å². The summed E-state index contributed by atoms with van der Waals surface area (Å²) in [6.07, 6.45) is 2.54. The average molecular weight is 262 g/mol. The molecule has 0 radical (unpaired) electrons. The predicted octanol–water partition coefficient (Wildman–Crippen LogP) is 1.75. The smallest absolute Gasteiger partial charge is 0.316 e. The van der Waals surface area contributed by atoms with E-state index in [4.69, 9.17) is 9.47 Å². The molecule has 0 bridgehead atoms. The lowest BCUT2D eigenvalue weighted by atomic mass is 10.1. The van der Waals surface area contributed by atoms with Gasteiger partial charge < -0.3 is 19.7 Å². The molecule has 19 heavy (non-hydrogen) atoms. The van der Waals surface area contributed by atoms with E-state index in [-0.39, 0.29) is 12.2 Å². The summed E-state index contributed by atoms with van der Waals surface area (Å²) in [4.78, 5) is 11.4. The number of carbonyl (C=O) groups excluding carboxylic acids is 1. The van der Waals surface area contributed by atoms with Crippen molar-refractivity contribution in [1.82, 2.24) is 0 Å². The van der Waals surface area contributed by atoms with E-state index in [9.17, 15) is 15.0 Å². The summed E-state index contributed by atoms with van der Waals surface area (Å²) in [5.74, 6) is -3.37. The number of carbonyl (C=O) groups is 1. The number of aliphatic hydroxyl groups excluding tert-OH is 1. The highest BCUT2D eigenvalue weighted by molar-refractivity contribution is 5.75. The molecule has 0 fully saturated rings. The summed E-state index contributed by atoms with van der Waals surface area (Å²) >= 11 is 0. The molecule has 0 aliphatic carbocycles. The van der Waals surface area contributed by atoms with Crippen LogP contribution in [-0.4, -0.2) is 29.1 Å². The van der Waals surface area contributed by atoms with Crippen molar-refractivity contribution in [2.75, 3.05) is 7.11 Å². The van der Waals surface area contributed by atoms with Crippen LogP contribution in [0.1, 0.15) is 12.0 Å². The highest BCUT2D eigenvalue weighted by atomic mass is 16.7. The molecule has 0 saturated carbocycles. The maximum atomic E-state index is 11.4. The van der Waals surface area contributed by atoms with Crippen molar-refractivity contribution in [3.05, 3.63) is 53.5 Å². The van der Waals surface area contributed by atoms with E-state index < -0.39 is 17.5 Å². The third kappa shape index (κ3) is 2.77. The summed E-state index contributed by atoms with van der Waals surface area (Å²) in [5.41, 5.74) is 0.796. The van der Waals surface area contributed by atoms with Crippen LogP contribution in [0.4, 0.5) is 0 Å². The van der Waals surface area contributed by atoms with E-state index >= 15 is 0 Å². The highest BCUT2D eigenvalue weighted by Crippen LogP contribution is 2.30. The quantitative estimate of drug-likeness (QED) is 0.812. The minimum absolute atomic E-state index is 0.00328. The molecule has 0 spiro atoms. The van der Waals surface area contributed by atoms with Crippen LogP contribution in [0.3, 0.4) is 0 Å². The average Bonchev–Trinajstić information content (AvgIpc) is 2.42. The van der Waals surface area contributed by atoms with Gasteiger partial charge in [0.15, 0.2) is 5.76 Å². The van der Waals surface area contributed by atoms with Crippen LogP contribution in [0.2, 0.25) is 0 Å². The Morgan fingerprint density at radius 2 is 2.05 bits per heavy atom. The van der Waals surface area contributed by atoms with E-state index in [1.807, 2.05) is 30.3 Å². The Hall–Kier alpha value is -2.27. The zero-order chi connectivity index (χ0) is 13.9. The summed E-state index contributed by atoms with van der Waals surface area (Å²) in [5, 5.41) is 20.0. The summed E-state index contributed by atoms with van der Waals surface area (Å²) < 4.78 is 9.64. The van der Waals surface area contributed by atoms with Gasteiger partial charge in [-0.1, -0.05) is 36.4 Å². The molecular weight excluding hydrogens is 248 g/mol. The molecule has 100 valence electrons. The second kappa shape index (κ2) is 5.16. The highest BCUT2D eigenvalue weighted by Gasteiger charge is 2.41. The minimum Gasteiger partial charge on any atom is -0.503 e. The molecular formula is C14H14O5. The van der Waals surface area contributed by atoms with Crippen LogP contribution >= 0.6 is 0 Å². The fourth-order valence-corrected chi connectivity index (χ4v) is 1.73. The molecule has 1 aromatic rings. The van der Waals surface area contributed by atoms with Crippen LogP contribution in [-0.2, 0) is 14.3 Å². The number of esters is 1. The number of hydrogen-bond acceptors (Lipinski definition) is 5. The lowest BCUT2D eigenvalue weighted by molar-refractivity contribution is -0.193.